The SMILES string of the molecule is N#CC(=C1Sc2nc(C#N)c(C#N)nc2S1)c1ncc(C(F)(F)F)cc1Br. The number of alkyl halides is 3. The monoisotopic (exact) mass is 466 g/mol. The fraction of sp³-hybridized carbons (Fsp3) is 0.0667. The molecule has 2 aromatic rings. The van der Waals surface area contributed by atoms with E-state index in [2.05, 4.69) is 30.9 Å². The van der Waals surface area contributed by atoms with Gasteiger partial charge in [0.05, 0.1) is 21.1 Å². The van der Waals surface area contributed by atoms with Crippen molar-refractivity contribution in [2.24, 2.45) is 0 Å². The van der Waals surface area contributed by atoms with Gasteiger partial charge in [0.2, 0.25) is 0 Å². The van der Waals surface area contributed by atoms with E-state index in [0.717, 1.165) is 29.6 Å². The summed E-state index contributed by atoms with van der Waals surface area (Å²) >= 11 is 5.09. The molecule has 0 atom stereocenters. The van der Waals surface area contributed by atoms with Crippen molar-refractivity contribution < 1.29 is 13.2 Å². The lowest BCUT2D eigenvalue weighted by Crippen LogP contribution is -2.06. The molecular formula is C15H2BrF3N6S2. The van der Waals surface area contributed by atoms with Crippen LogP contribution in [0.3, 0.4) is 0 Å². The molecule has 0 saturated carbocycles. The van der Waals surface area contributed by atoms with Crippen LogP contribution in [0.5, 0.6) is 0 Å². The number of pyridine rings is 1. The van der Waals surface area contributed by atoms with Crippen LogP contribution in [-0.2, 0) is 6.18 Å². The van der Waals surface area contributed by atoms with Crippen LogP contribution in [0.1, 0.15) is 22.6 Å². The molecule has 0 spiro atoms. The van der Waals surface area contributed by atoms with Crippen molar-refractivity contribution in [2.75, 3.05) is 0 Å². The average molecular weight is 467 g/mol. The molecule has 0 N–H and O–H groups in total. The van der Waals surface area contributed by atoms with Gasteiger partial charge >= 0.3 is 6.18 Å². The molecule has 0 aromatic carbocycles. The van der Waals surface area contributed by atoms with Gasteiger partial charge in [-0.25, -0.2) is 9.97 Å². The number of fused-ring (bicyclic) bond motifs is 1. The van der Waals surface area contributed by atoms with E-state index in [-0.39, 0.29) is 27.1 Å². The minimum Gasteiger partial charge on any atom is -0.254 e. The van der Waals surface area contributed by atoms with Crippen LogP contribution in [0.2, 0.25) is 0 Å². The Balaban J connectivity index is 2.07. The Morgan fingerprint density at radius 2 is 1.59 bits per heavy atom. The maximum Gasteiger partial charge on any atom is 0.417 e. The van der Waals surface area contributed by atoms with Crippen LogP contribution in [0.25, 0.3) is 5.57 Å². The zero-order chi connectivity index (χ0) is 19.8. The standard InChI is InChI=1S/C15H2BrF3N6S2/c16-8-1-6(15(17,18)19)5-23-11(8)7(2-20)14-26-12-13(27-14)25-10(4-22)9(3-21)24-12/h1,5H. The molecule has 0 fully saturated rings. The molecule has 12 heteroatoms. The van der Waals surface area contributed by atoms with Crippen LogP contribution >= 0.6 is 39.5 Å². The quantitative estimate of drug-likeness (QED) is 0.565. The molecule has 0 aliphatic carbocycles. The van der Waals surface area contributed by atoms with E-state index in [4.69, 9.17) is 10.5 Å². The number of allylic oxidation sites excluding steroid dienone is 1. The highest BCUT2D eigenvalue weighted by molar-refractivity contribution is 9.10. The number of thioether (sulfide) groups is 2. The zero-order valence-corrected chi connectivity index (χ0v) is 15.9. The maximum absolute atomic E-state index is 12.8. The lowest BCUT2D eigenvalue weighted by atomic mass is 10.2. The minimum atomic E-state index is -4.56. The Morgan fingerprint density at radius 1 is 1.04 bits per heavy atom. The van der Waals surface area contributed by atoms with Crippen LogP contribution in [0.15, 0.2) is 31.0 Å². The summed E-state index contributed by atoms with van der Waals surface area (Å²) in [5, 5.41) is 28.2. The van der Waals surface area contributed by atoms with Crippen molar-refractivity contribution in [3.05, 3.63) is 43.6 Å². The summed E-state index contributed by atoms with van der Waals surface area (Å²) in [6.45, 7) is 0. The van der Waals surface area contributed by atoms with Crippen LogP contribution in [0, 0.1) is 34.0 Å². The number of halogens is 4. The smallest absolute Gasteiger partial charge is 0.254 e. The second-order valence-electron chi connectivity index (χ2n) is 4.79. The number of hydrogen-bond donors (Lipinski definition) is 0. The summed E-state index contributed by atoms with van der Waals surface area (Å²) < 4.78 is 38.8. The summed E-state index contributed by atoms with van der Waals surface area (Å²) in [5.41, 5.74) is -1.16. The Bertz CT molecular complexity index is 1080. The van der Waals surface area contributed by atoms with Gasteiger partial charge < -0.3 is 0 Å². The van der Waals surface area contributed by atoms with Crippen molar-refractivity contribution in [2.45, 2.75) is 16.2 Å². The molecule has 0 bridgehead atoms. The molecule has 0 unspecified atom stereocenters. The van der Waals surface area contributed by atoms with Gasteiger partial charge in [-0.05, 0) is 22.0 Å². The topological polar surface area (TPSA) is 110 Å². The average Bonchev–Trinajstić information content (AvgIpc) is 3.03. The summed E-state index contributed by atoms with van der Waals surface area (Å²) in [5.74, 6) is 0. The number of hydrogen-bond acceptors (Lipinski definition) is 8. The zero-order valence-electron chi connectivity index (χ0n) is 12.7. The van der Waals surface area contributed by atoms with Crippen LogP contribution in [0.4, 0.5) is 13.2 Å². The predicted molar refractivity (Wildman–Crippen MR) is 92.6 cm³/mol. The molecule has 0 amide bonds. The van der Waals surface area contributed by atoms with Gasteiger partial charge in [-0.3, -0.25) is 4.98 Å². The second-order valence-corrected chi connectivity index (χ2v) is 7.90. The third-order valence-corrected chi connectivity index (χ3v) is 6.11. The molecule has 1 aliphatic rings. The van der Waals surface area contributed by atoms with E-state index >= 15 is 0 Å². The summed E-state index contributed by atoms with van der Waals surface area (Å²) in [4.78, 5) is 11.9. The van der Waals surface area contributed by atoms with Crippen molar-refractivity contribution >= 4 is 45.0 Å². The largest absolute Gasteiger partial charge is 0.417 e. The molecule has 132 valence electrons. The highest BCUT2D eigenvalue weighted by Gasteiger charge is 2.33. The number of nitrogens with zero attached hydrogens (tertiary/aromatic N) is 6. The fourth-order valence-corrected chi connectivity index (χ4v) is 4.78. The summed E-state index contributed by atoms with van der Waals surface area (Å²) in [6, 6.07) is 6.31. The van der Waals surface area contributed by atoms with E-state index in [9.17, 15) is 18.4 Å². The van der Waals surface area contributed by atoms with E-state index in [1.807, 2.05) is 6.07 Å². The molecule has 1 aliphatic heterocycles. The first-order valence-electron chi connectivity index (χ1n) is 6.74. The van der Waals surface area contributed by atoms with Gasteiger partial charge in [-0.2, -0.15) is 29.0 Å². The molecule has 6 nitrogen and oxygen atoms in total. The molecule has 27 heavy (non-hydrogen) atoms. The van der Waals surface area contributed by atoms with Crippen molar-refractivity contribution in [3.8, 4) is 18.2 Å². The Hall–Kier alpha value is -2.59. The van der Waals surface area contributed by atoms with Gasteiger partial charge in [-0.15, -0.1) is 0 Å². The molecule has 2 aromatic heterocycles. The number of aromatic nitrogens is 3. The van der Waals surface area contributed by atoms with Crippen molar-refractivity contribution in [3.63, 3.8) is 0 Å². The third-order valence-electron chi connectivity index (χ3n) is 3.15. The predicted octanol–water partition coefficient (Wildman–Crippen LogP) is 4.49. The Kier molecular flexibility index (Phi) is 5.11. The third kappa shape index (κ3) is 3.62. The van der Waals surface area contributed by atoms with Crippen LogP contribution in [-0.4, -0.2) is 15.0 Å². The van der Waals surface area contributed by atoms with Crippen LogP contribution < -0.4 is 0 Å². The molecular weight excluding hydrogens is 465 g/mol. The first-order chi connectivity index (χ1) is 12.8. The maximum atomic E-state index is 12.8. The van der Waals surface area contributed by atoms with E-state index < -0.39 is 11.7 Å². The minimum absolute atomic E-state index is 0.00915. The lowest BCUT2D eigenvalue weighted by Gasteiger charge is -2.09. The van der Waals surface area contributed by atoms with E-state index in [1.165, 1.54) is 0 Å². The highest BCUT2D eigenvalue weighted by atomic mass is 79.9. The normalized spacial score (nSPS) is 12.7. The molecule has 0 radical (unpaired) electrons. The molecule has 3 heterocycles. The van der Waals surface area contributed by atoms with Crippen molar-refractivity contribution in [1.82, 2.24) is 15.0 Å². The molecule has 0 saturated heterocycles. The van der Waals surface area contributed by atoms with E-state index in [1.54, 1.807) is 12.1 Å². The first kappa shape index (κ1) is 19.2. The first-order valence-corrected chi connectivity index (χ1v) is 9.16. The highest BCUT2D eigenvalue weighted by Crippen LogP contribution is 2.52. The van der Waals surface area contributed by atoms with Crippen molar-refractivity contribution in [1.29, 1.82) is 15.8 Å². The lowest BCUT2D eigenvalue weighted by molar-refractivity contribution is -0.137. The fourth-order valence-electron chi connectivity index (χ4n) is 1.96. The van der Waals surface area contributed by atoms with Gasteiger partial charge in [0.25, 0.3) is 0 Å². The second kappa shape index (κ2) is 7.20. The Labute approximate surface area is 166 Å². The van der Waals surface area contributed by atoms with Gasteiger partial charge in [-0.1, -0.05) is 23.5 Å². The number of nitriles is 3. The Morgan fingerprint density at radius 3 is 2.00 bits per heavy atom. The summed E-state index contributed by atoms with van der Waals surface area (Å²) in [6.07, 6.45) is -3.91. The number of rotatable bonds is 1. The summed E-state index contributed by atoms with van der Waals surface area (Å²) in [7, 11) is 0. The van der Waals surface area contributed by atoms with Gasteiger partial charge in [0.15, 0.2) is 11.4 Å². The van der Waals surface area contributed by atoms with Gasteiger partial charge in [0.1, 0.15) is 28.3 Å². The molecule has 3 rings (SSSR count). The van der Waals surface area contributed by atoms with E-state index in [0.29, 0.717) is 20.5 Å². The van der Waals surface area contributed by atoms with Gasteiger partial charge in [0, 0.05) is 10.7 Å².